The van der Waals surface area contributed by atoms with Crippen LogP contribution in [-0.2, 0) is 4.79 Å². The van der Waals surface area contributed by atoms with Crippen molar-refractivity contribution < 1.29 is 4.79 Å². The molecule has 1 saturated carbocycles. The van der Waals surface area contributed by atoms with Gasteiger partial charge in [0.15, 0.2) is 11.3 Å². The second-order valence-corrected chi connectivity index (χ2v) is 7.03. The molecular weight excluding hydrogens is 342 g/mol. The van der Waals surface area contributed by atoms with E-state index in [9.17, 15) is 4.79 Å². The summed E-state index contributed by atoms with van der Waals surface area (Å²) in [6.45, 7) is 2.01. The number of rotatable bonds is 2. The Morgan fingerprint density at radius 2 is 1.96 bits per heavy atom. The molecule has 1 fully saturated rings. The largest absolute Gasteiger partial charge is 0.275 e. The van der Waals surface area contributed by atoms with E-state index < -0.39 is 5.54 Å². The molecule has 0 radical (unpaired) electrons. The summed E-state index contributed by atoms with van der Waals surface area (Å²) in [5.41, 5.74) is 3.74. The molecule has 1 aromatic carbocycles. The minimum absolute atomic E-state index is 0.179. The monoisotopic (exact) mass is 359 g/mol. The number of aromatic amines is 1. The minimum Gasteiger partial charge on any atom is -0.270 e. The maximum atomic E-state index is 12.4. The van der Waals surface area contributed by atoms with Crippen molar-refractivity contribution in [1.29, 1.82) is 0 Å². The first-order chi connectivity index (χ1) is 13.1. The van der Waals surface area contributed by atoms with Crippen LogP contribution in [0, 0.1) is 6.92 Å². The van der Waals surface area contributed by atoms with E-state index in [2.05, 4.69) is 30.1 Å². The van der Waals surface area contributed by atoms with E-state index in [-0.39, 0.29) is 5.91 Å². The van der Waals surface area contributed by atoms with Gasteiger partial charge in [0.2, 0.25) is 5.49 Å². The third-order valence-corrected chi connectivity index (χ3v) is 5.28. The topological polar surface area (TPSA) is 109 Å². The van der Waals surface area contributed by atoms with Gasteiger partial charge in [0.1, 0.15) is 11.9 Å². The predicted octanol–water partition coefficient (Wildman–Crippen LogP) is 1.33. The van der Waals surface area contributed by atoms with Crippen LogP contribution in [0.2, 0.25) is 0 Å². The number of hydrogen-bond donors (Lipinski definition) is 1. The lowest BCUT2D eigenvalue weighted by molar-refractivity contribution is -0.123. The predicted molar refractivity (Wildman–Crippen MR) is 96.1 cm³/mol. The summed E-state index contributed by atoms with van der Waals surface area (Å²) in [7, 11) is 0. The Hall–Kier alpha value is -3.29. The molecule has 0 saturated heterocycles. The molecule has 27 heavy (non-hydrogen) atoms. The molecule has 0 bridgehead atoms. The fraction of sp³-hybridized carbons (Fsp3) is 0.316. The first kappa shape index (κ1) is 15.9. The minimum atomic E-state index is -0.717. The number of hydrogen-bond acceptors (Lipinski definition) is 6. The van der Waals surface area contributed by atoms with Gasteiger partial charge in [-0.05, 0) is 31.4 Å². The summed E-state index contributed by atoms with van der Waals surface area (Å²) < 4.78 is 0. The third kappa shape index (κ3) is 2.56. The number of amides is 1. The molecule has 1 spiro atoms. The number of H-pyrrole nitrogens is 1. The van der Waals surface area contributed by atoms with Crippen LogP contribution in [0.15, 0.2) is 40.7 Å². The maximum absolute atomic E-state index is 12.4. The average Bonchev–Trinajstić information content (AvgIpc) is 3.35. The molecule has 5 rings (SSSR count). The van der Waals surface area contributed by atoms with Crippen molar-refractivity contribution in [3.8, 4) is 22.6 Å². The van der Waals surface area contributed by atoms with Crippen LogP contribution in [0.1, 0.15) is 31.2 Å². The van der Waals surface area contributed by atoms with Gasteiger partial charge in [-0.3, -0.25) is 9.89 Å². The Bertz CT molecular complexity index is 1160. The van der Waals surface area contributed by atoms with Crippen LogP contribution in [-0.4, -0.2) is 36.6 Å². The fourth-order valence-corrected chi connectivity index (χ4v) is 3.84. The van der Waals surface area contributed by atoms with Gasteiger partial charge in [-0.25, -0.2) is 19.9 Å². The van der Waals surface area contributed by atoms with E-state index >= 15 is 0 Å². The number of aryl methyl sites for hydroxylation is 1. The molecule has 1 aliphatic heterocycles. The molecular formula is C19H17N7O. The highest BCUT2D eigenvalue weighted by Gasteiger charge is 2.42. The lowest BCUT2D eigenvalue weighted by Gasteiger charge is -2.21. The Morgan fingerprint density at radius 1 is 1.11 bits per heavy atom. The lowest BCUT2D eigenvalue weighted by Crippen LogP contribution is -2.47. The first-order valence-corrected chi connectivity index (χ1v) is 8.97. The third-order valence-electron chi connectivity index (χ3n) is 5.28. The molecule has 8 nitrogen and oxygen atoms in total. The Kier molecular flexibility index (Phi) is 3.46. The van der Waals surface area contributed by atoms with E-state index in [0.717, 1.165) is 53.9 Å². The van der Waals surface area contributed by atoms with Crippen molar-refractivity contribution >= 4 is 5.91 Å². The van der Waals surface area contributed by atoms with Crippen LogP contribution < -0.4 is 11.0 Å². The molecule has 2 aromatic heterocycles. The highest BCUT2D eigenvalue weighted by Crippen LogP contribution is 2.34. The van der Waals surface area contributed by atoms with Gasteiger partial charge in [0, 0.05) is 11.1 Å². The van der Waals surface area contributed by atoms with Gasteiger partial charge >= 0.3 is 0 Å². The van der Waals surface area contributed by atoms with Gasteiger partial charge in [0.05, 0.1) is 11.9 Å². The first-order valence-electron chi connectivity index (χ1n) is 8.97. The molecule has 134 valence electrons. The van der Waals surface area contributed by atoms with E-state index in [1.165, 1.54) is 6.33 Å². The zero-order valence-corrected chi connectivity index (χ0v) is 14.8. The van der Waals surface area contributed by atoms with Crippen molar-refractivity contribution in [2.75, 3.05) is 0 Å². The normalized spacial score (nSPS) is 17.4. The van der Waals surface area contributed by atoms with E-state index in [4.69, 9.17) is 4.99 Å². The number of nitrogens with zero attached hydrogens (tertiary/aromatic N) is 6. The smallest absolute Gasteiger partial charge is 0.270 e. The fourth-order valence-electron chi connectivity index (χ4n) is 3.84. The SMILES string of the molecule is Cc1cc(-c2ncn[nH]2)ccc1-c1cnc2c(n1)=NC1(CCCC1)C(=O)N=2. The molecule has 3 aromatic rings. The summed E-state index contributed by atoms with van der Waals surface area (Å²) in [6.07, 6.45) is 6.61. The Morgan fingerprint density at radius 3 is 2.70 bits per heavy atom. The molecule has 0 atom stereocenters. The molecule has 3 heterocycles. The molecule has 1 amide bonds. The van der Waals surface area contributed by atoms with Crippen molar-refractivity contribution in [2.24, 2.45) is 9.98 Å². The molecule has 2 aliphatic rings. The van der Waals surface area contributed by atoms with Crippen LogP contribution in [0.25, 0.3) is 22.6 Å². The van der Waals surface area contributed by atoms with Crippen molar-refractivity contribution in [2.45, 2.75) is 38.1 Å². The summed E-state index contributed by atoms with van der Waals surface area (Å²) in [4.78, 5) is 34.5. The highest BCUT2D eigenvalue weighted by molar-refractivity contribution is 5.88. The van der Waals surface area contributed by atoms with Crippen LogP contribution in [0.5, 0.6) is 0 Å². The molecule has 0 unspecified atom stereocenters. The number of carbonyl (C=O) groups excluding carboxylic acids is 1. The number of benzene rings is 1. The van der Waals surface area contributed by atoms with Crippen molar-refractivity contribution in [3.63, 3.8) is 0 Å². The van der Waals surface area contributed by atoms with Gasteiger partial charge in [-0.1, -0.05) is 25.0 Å². The quantitative estimate of drug-likeness (QED) is 0.742. The van der Waals surface area contributed by atoms with Gasteiger partial charge < -0.3 is 0 Å². The Balaban J connectivity index is 1.60. The molecule has 1 aliphatic carbocycles. The van der Waals surface area contributed by atoms with Crippen molar-refractivity contribution in [1.82, 2.24) is 25.1 Å². The van der Waals surface area contributed by atoms with Crippen LogP contribution in [0.3, 0.4) is 0 Å². The van der Waals surface area contributed by atoms with Crippen LogP contribution >= 0.6 is 0 Å². The molecule has 1 N–H and O–H groups in total. The van der Waals surface area contributed by atoms with E-state index in [1.807, 2.05) is 25.1 Å². The zero-order chi connectivity index (χ0) is 18.4. The summed E-state index contributed by atoms with van der Waals surface area (Å²) in [5.74, 6) is 0.541. The summed E-state index contributed by atoms with van der Waals surface area (Å²) in [5, 5.41) is 6.75. The summed E-state index contributed by atoms with van der Waals surface area (Å²) in [6, 6.07) is 5.98. The number of fused-ring (bicyclic) bond motifs is 1. The highest BCUT2D eigenvalue weighted by atomic mass is 16.2. The number of aromatic nitrogens is 5. The zero-order valence-electron chi connectivity index (χ0n) is 14.8. The average molecular weight is 359 g/mol. The van der Waals surface area contributed by atoms with Crippen LogP contribution in [0.4, 0.5) is 0 Å². The van der Waals surface area contributed by atoms with Gasteiger partial charge in [0.25, 0.3) is 5.91 Å². The van der Waals surface area contributed by atoms with E-state index in [0.29, 0.717) is 11.0 Å². The standard InChI is InChI=1S/C19H17N7O/c1-11-8-12(15-21-10-22-26-15)4-5-13(11)14-9-20-16-17(23-14)25-19(18(27)24-16)6-2-3-7-19/h4-5,8-10H,2-3,6-7H2,1H3,(H,21,22,26). The summed E-state index contributed by atoms with van der Waals surface area (Å²) >= 11 is 0. The van der Waals surface area contributed by atoms with Gasteiger partial charge in [-0.15, -0.1) is 0 Å². The van der Waals surface area contributed by atoms with E-state index in [1.54, 1.807) is 6.20 Å². The second-order valence-electron chi connectivity index (χ2n) is 7.03. The molecule has 8 heteroatoms. The van der Waals surface area contributed by atoms with Gasteiger partial charge in [-0.2, -0.15) is 10.1 Å². The number of nitrogens with one attached hydrogen (secondary N) is 1. The second kappa shape index (κ2) is 5.87. The van der Waals surface area contributed by atoms with Crippen molar-refractivity contribution in [3.05, 3.63) is 47.3 Å². The Labute approximate surface area is 154 Å². The lowest BCUT2D eigenvalue weighted by atomic mass is 9.97. The maximum Gasteiger partial charge on any atom is 0.275 e. The number of carbonyl (C=O) groups is 1.